The minimum atomic E-state index is -0.882. The van der Waals surface area contributed by atoms with Gasteiger partial charge in [0.25, 0.3) is 5.95 Å². The number of aliphatic hydroxyl groups excluding tert-OH is 1. The van der Waals surface area contributed by atoms with Gasteiger partial charge in [0.05, 0.1) is 26.5 Å². The van der Waals surface area contributed by atoms with Gasteiger partial charge in [-0.3, -0.25) is 0 Å². The van der Waals surface area contributed by atoms with Crippen LogP contribution in [-0.4, -0.2) is 48.6 Å². The lowest BCUT2D eigenvalue weighted by Gasteiger charge is -2.08. The number of carbonyl (C=O) groups excluding carboxylic acids is 1. The van der Waals surface area contributed by atoms with Gasteiger partial charge in [0.2, 0.25) is 0 Å². The number of phenols is 1. The number of rotatable bonds is 8. The van der Waals surface area contributed by atoms with E-state index in [0.717, 1.165) is 0 Å². The van der Waals surface area contributed by atoms with Gasteiger partial charge >= 0.3 is 5.97 Å². The number of aromatic hydroxyl groups is 1. The summed E-state index contributed by atoms with van der Waals surface area (Å²) < 4.78 is 14.6. The molecule has 1 aromatic rings. The fourth-order valence-corrected chi connectivity index (χ4v) is 1.71. The Bertz CT molecular complexity index is 697. The van der Waals surface area contributed by atoms with Crippen molar-refractivity contribution in [3.8, 4) is 11.5 Å². The van der Waals surface area contributed by atoms with Crippen LogP contribution in [0.15, 0.2) is 39.9 Å². The Labute approximate surface area is 145 Å². The summed E-state index contributed by atoms with van der Waals surface area (Å²) in [6.45, 7) is 3.44. The van der Waals surface area contributed by atoms with E-state index in [1.807, 2.05) is 0 Å². The van der Waals surface area contributed by atoms with Crippen LogP contribution >= 0.6 is 0 Å². The topological polar surface area (TPSA) is 136 Å². The Morgan fingerprint density at radius 3 is 2.52 bits per heavy atom. The van der Waals surface area contributed by atoms with Crippen molar-refractivity contribution in [2.24, 2.45) is 15.9 Å². The molecule has 9 nitrogen and oxygen atoms in total. The van der Waals surface area contributed by atoms with E-state index >= 15 is 0 Å². The van der Waals surface area contributed by atoms with Crippen LogP contribution in [0.3, 0.4) is 0 Å². The van der Waals surface area contributed by atoms with Crippen LogP contribution in [0.2, 0.25) is 0 Å². The third kappa shape index (κ3) is 5.72. The average molecular weight is 351 g/mol. The lowest BCUT2D eigenvalue weighted by molar-refractivity contribution is -0.138. The van der Waals surface area contributed by atoms with E-state index in [0.29, 0.717) is 11.3 Å². The predicted molar refractivity (Wildman–Crippen MR) is 91.8 cm³/mol. The smallest absolute Gasteiger partial charge is 0.349 e. The fourth-order valence-electron chi connectivity index (χ4n) is 1.71. The SMILES string of the molecule is CCOC(=O)C(=C(/O)OCC)/C(N)=N\N=C/c1ccc(OC)c(O)c1. The molecular weight excluding hydrogens is 330 g/mol. The monoisotopic (exact) mass is 351 g/mol. The van der Waals surface area contributed by atoms with Crippen molar-refractivity contribution in [3.63, 3.8) is 0 Å². The summed E-state index contributed by atoms with van der Waals surface area (Å²) in [7, 11) is 1.43. The normalized spacial score (nSPS) is 12.7. The van der Waals surface area contributed by atoms with Crippen molar-refractivity contribution >= 4 is 18.0 Å². The highest BCUT2D eigenvalue weighted by atomic mass is 16.6. The van der Waals surface area contributed by atoms with Crippen LogP contribution < -0.4 is 10.5 Å². The number of methoxy groups -OCH3 is 1. The van der Waals surface area contributed by atoms with E-state index in [1.54, 1.807) is 26.0 Å². The van der Waals surface area contributed by atoms with E-state index in [2.05, 4.69) is 10.2 Å². The van der Waals surface area contributed by atoms with Crippen LogP contribution in [-0.2, 0) is 14.3 Å². The van der Waals surface area contributed by atoms with Gasteiger partial charge < -0.3 is 30.2 Å². The molecule has 25 heavy (non-hydrogen) atoms. The molecule has 9 heteroatoms. The molecule has 0 saturated heterocycles. The number of carbonyl (C=O) groups is 1. The molecule has 0 fully saturated rings. The average Bonchev–Trinajstić information content (AvgIpc) is 2.55. The maximum absolute atomic E-state index is 11.9. The Kier molecular flexibility index (Phi) is 7.77. The van der Waals surface area contributed by atoms with Gasteiger partial charge in [0.15, 0.2) is 22.9 Å². The minimum Gasteiger partial charge on any atom is -0.504 e. The summed E-state index contributed by atoms with van der Waals surface area (Å²) in [5.74, 6) is -1.70. The number of benzene rings is 1. The number of aliphatic hydroxyl groups is 1. The number of phenolic OH excluding ortho intramolecular Hbond substituents is 1. The van der Waals surface area contributed by atoms with Crippen molar-refractivity contribution < 1.29 is 29.2 Å². The van der Waals surface area contributed by atoms with Crippen LogP contribution in [0.25, 0.3) is 0 Å². The zero-order valence-corrected chi connectivity index (χ0v) is 14.2. The fraction of sp³-hybridized carbons (Fsp3) is 0.312. The van der Waals surface area contributed by atoms with Crippen LogP contribution in [0.5, 0.6) is 11.5 Å². The zero-order chi connectivity index (χ0) is 18.8. The molecule has 0 aliphatic heterocycles. The molecule has 0 atom stereocenters. The second-order valence-corrected chi connectivity index (χ2v) is 4.49. The summed E-state index contributed by atoms with van der Waals surface area (Å²) in [5, 5.41) is 26.8. The summed E-state index contributed by atoms with van der Waals surface area (Å²) in [6.07, 6.45) is 1.30. The van der Waals surface area contributed by atoms with E-state index in [-0.39, 0.29) is 24.8 Å². The Morgan fingerprint density at radius 2 is 1.96 bits per heavy atom. The second-order valence-electron chi connectivity index (χ2n) is 4.49. The van der Waals surface area contributed by atoms with Gasteiger partial charge in [-0.05, 0) is 37.6 Å². The Balaban J connectivity index is 3.04. The highest BCUT2D eigenvalue weighted by molar-refractivity contribution is 6.18. The van der Waals surface area contributed by atoms with Crippen LogP contribution in [0, 0.1) is 0 Å². The molecule has 0 heterocycles. The first-order valence-corrected chi connectivity index (χ1v) is 7.41. The molecule has 0 spiro atoms. The highest BCUT2D eigenvalue weighted by Gasteiger charge is 2.22. The number of amidine groups is 1. The molecule has 0 radical (unpaired) electrons. The molecule has 0 aromatic heterocycles. The Hall–Kier alpha value is -3.23. The number of hydrogen-bond acceptors (Lipinski definition) is 8. The maximum Gasteiger partial charge on any atom is 0.349 e. The summed E-state index contributed by atoms with van der Waals surface area (Å²) in [4.78, 5) is 11.9. The van der Waals surface area contributed by atoms with Gasteiger partial charge in [0.1, 0.15) is 0 Å². The third-order valence-corrected chi connectivity index (χ3v) is 2.81. The van der Waals surface area contributed by atoms with E-state index < -0.39 is 17.5 Å². The number of esters is 1. The predicted octanol–water partition coefficient (Wildman–Crippen LogP) is 1.46. The quantitative estimate of drug-likeness (QED) is 0.161. The molecule has 0 bridgehead atoms. The molecular formula is C16H21N3O6. The lowest BCUT2D eigenvalue weighted by Crippen LogP contribution is -2.25. The van der Waals surface area contributed by atoms with Gasteiger partial charge in [-0.15, -0.1) is 5.10 Å². The van der Waals surface area contributed by atoms with Gasteiger partial charge in [0, 0.05) is 0 Å². The molecule has 0 aliphatic rings. The van der Waals surface area contributed by atoms with E-state index in [4.69, 9.17) is 19.9 Å². The number of nitrogens with zero attached hydrogens (tertiary/aromatic N) is 2. The number of ether oxygens (including phenoxy) is 3. The molecule has 1 aromatic carbocycles. The molecule has 0 unspecified atom stereocenters. The second kappa shape index (κ2) is 9.81. The van der Waals surface area contributed by atoms with Crippen LogP contribution in [0.1, 0.15) is 19.4 Å². The molecule has 1 rings (SSSR count). The van der Waals surface area contributed by atoms with E-state index in [9.17, 15) is 15.0 Å². The lowest BCUT2D eigenvalue weighted by atomic mass is 10.2. The van der Waals surface area contributed by atoms with Gasteiger partial charge in [-0.1, -0.05) is 0 Å². The van der Waals surface area contributed by atoms with Crippen molar-refractivity contribution in [2.75, 3.05) is 20.3 Å². The largest absolute Gasteiger partial charge is 0.504 e. The summed E-state index contributed by atoms with van der Waals surface area (Å²) in [5.41, 5.74) is 5.79. The number of nitrogens with two attached hydrogens (primary N) is 1. The first-order chi connectivity index (χ1) is 11.9. The standard InChI is InChI=1S/C16H21N3O6/c1-4-24-15(21)13(16(22)25-5-2)14(17)19-18-9-10-6-7-12(23-3)11(20)8-10/h6-9,20-21H,4-5H2,1-3H3,(H2,17,19)/b15-13-,18-9-. The highest BCUT2D eigenvalue weighted by Crippen LogP contribution is 2.25. The van der Waals surface area contributed by atoms with Crippen molar-refractivity contribution in [1.82, 2.24) is 0 Å². The maximum atomic E-state index is 11.9. The van der Waals surface area contributed by atoms with Gasteiger partial charge in [-0.2, -0.15) is 5.10 Å². The van der Waals surface area contributed by atoms with Crippen LogP contribution in [0.4, 0.5) is 0 Å². The van der Waals surface area contributed by atoms with Crippen molar-refractivity contribution in [3.05, 3.63) is 35.3 Å². The molecule has 0 amide bonds. The van der Waals surface area contributed by atoms with E-state index in [1.165, 1.54) is 19.4 Å². The summed E-state index contributed by atoms with van der Waals surface area (Å²) >= 11 is 0. The molecule has 0 saturated carbocycles. The third-order valence-electron chi connectivity index (χ3n) is 2.81. The van der Waals surface area contributed by atoms with Crippen molar-refractivity contribution in [1.29, 1.82) is 0 Å². The number of hydrogen-bond donors (Lipinski definition) is 3. The minimum absolute atomic E-state index is 0.0653. The zero-order valence-electron chi connectivity index (χ0n) is 14.2. The first kappa shape index (κ1) is 19.8. The molecule has 4 N–H and O–H groups in total. The molecule has 136 valence electrons. The van der Waals surface area contributed by atoms with Gasteiger partial charge in [-0.25, -0.2) is 4.79 Å². The molecule has 0 aliphatic carbocycles. The summed E-state index contributed by atoms with van der Waals surface area (Å²) in [6, 6.07) is 4.59. The first-order valence-electron chi connectivity index (χ1n) is 7.41. The van der Waals surface area contributed by atoms with Crippen molar-refractivity contribution in [2.45, 2.75) is 13.8 Å². The Morgan fingerprint density at radius 1 is 1.28 bits per heavy atom.